The van der Waals surface area contributed by atoms with Crippen LogP contribution in [0.5, 0.6) is 0 Å². The largest absolute Gasteiger partial charge is 0.353 e. The molecule has 0 spiro atoms. The van der Waals surface area contributed by atoms with Crippen molar-refractivity contribution in [3.8, 4) is 0 Å². The molecule has 1 aromatic rings. The molecule has 1 amide bonds. The van der Waals surface area contributed by atoms with E-state index in [-0.39, 0.29) is 17.2 Å². The molecule has 6 heteroatoms. The Morgan fingerprint density at radius 1 is 1.72 bits per heavy atom. The zero-order chi connectivity index (χ0) is 13.1. The van der Waals surface area contributed by atoms with Gasteiger partial charge in [0.1, 0.15) is 0 Å². The SMILES string of the molecule is CC(N)C(SCC(=O)NC1CC1)c1cc(Br)cs1. The smallest absolute Gasteiger partial charge is 0.230 e. The number of thiophene rings is 1. The van der Waals surface area contributed by atoms with Crippen molar-refractivity contribution in [2.45, 2.75) is 37.1 Å². The number of hydrogen-bond acceptors (Lipinski definition) is 4. The number of amides is 1. The van der Waals surface area contributed by atoms with Gasteiger partial charge in [-0.2, -0.15) is 0 Å². The van der Waals surface area contributed by atoms with Crippen molar-refractivity contribution in [2.75, 3.05) is 5.75 Å². The minimum absolute atomic E-state index is 0.0364. The molecular formula is C12H17BrN2OS2. The molecule has 3 N–H and O–H groups in total. The third-order valence-electron chi connectivity index (χ3n) is 2.68. The average Bonchev–Trinajstić information content (AvgIpc) is 3.00. The van der Waals surface area contributed by atoms with Crippen molar-refractivity contribution >= 4 is 44.9 Å². The standard InChI is InChI=1S/C12H17BrN2OS2/c1-7(14)12(10-4-8(13)5-17-10)18-6-11(16)15-9-2-3-9/h4-5,7,9,12H,2-3,6,14H2,1H3,(H,15,16). The summed E-state index contributed by atoms with van der Waals surface area (Å²) in [5, 5.41) is 5.24. The lowest BCUT2D eigenvalue weighted by molar-refractivity contribution is -0.118. The van der Waals surface area contributed by atoms with Crippen molar-refractivity contribution in [1.29, 1.82) is 0 Å². The summed E-state index contributed by atoms with van der Waals surface area (Å²) < 4.78 is 1.08. The summed E-state index contributed by atoms with van der Waals surface area (Å²) in [6.45, 7) is 1.99. The van der Waals surface area contributed by atoms with Crippen LogP contribution in [0.25, 0.3) is 0 Å². The quantitative estimate of drug-likeness (QED) is 0.830. The van der Waals surface area contributed by atoms with Gasteiger partial charge >= 0.3 is 0 Å². The van der Waals surface area contributed by atoms with Crippen LogP contribution in [0.4, 0.5) is 0 Å². The molecule has 1 aromatic heterocycles. The monoisotopic (exact) mass is 348 g/mol. The number of carbonyl (C=O) groups is 1. The molecule has 0 aliphatic heterocycles. The van der Waals surface area contributed by atoms with Gasteiger partial charge in [-0.25, -0.2) is 0 Å². The molecular weight excluding hydrogens is 332 g/mol. The summed E-state index contributed by atoms with van der Waals surface area (Å²) in [5.74, 6) is 0.613. The maximum absolute atomic E-state index is 11.7. The van der Waals surface area contributed by atoms with Gasteiger partial charge in [0.15, 0.2) is 0 Å². The summed E-state index contributed by atoms with van der Waals surface area (Å²) in [6.07, 6.45) is 2.26. The van der Waals surface area contributed by atoms with Crippen molar-refractivity contribution in [1.82, 2.24) is 5.32 Å². The number of rotatable bonds is 6. The lowest BCUT2D eigenvalue weighted by Crippen LogP contribution is -2.29. The van der Waals surface area contributed by atoms with Crippen LogP contribution in [0.15, 0.2) is 15.9 Å². The number of nitrogens with two attached hydrogens (primary N) is 1. The molecule has 1 heterocycles. The topological polar surface area (TPSA) is 55.1 Å². The second-order valence-corrected chi connectivity index (χ2v) is 7.59. The molecule has 18 heavy (non-hydrogen) atoms. The minimum atomic E-state index is 0.0364. The van der Waals surface area contributed by atoms with Crippen molar-refractivity contribution in [3.63, 3.8) is 0 Å². The van der Waals surface area contributed by atoms with E-state index in [2.05, 4.69) is 32.7 Å². The molecule has 2 atom stereocenters. The van der Waals surface area contributed by atoms with Gasteiger partial charge in [0.05, 0.1) is 11.0 Å². The fraction of sp³-hybridized carbons (Fsp3) is 0.583. The van der Waals surface area contributed by atoms with Crippen LogP contribution in [0.2, 0.25) is 0 Å². The second kappa shape index (κ2) is 6.41. The summed E-state index contributed by atoms with van der Waals surface area (Å²) in [6, 6.07) is 2.56. The van der Waals surface area contributed by atoms with Gasteiger partial charge in [-0.1, -0.05) is 0 Å². The van der Waals surface area contributed by atoms with Gasteiger partial charge in [-0.15, -0.1) is 23.1 Å². The zero-order valence-electron chi connectivity index (χ0n) is 10.2. The van der Waals surface area contributed by atoms with Crippen LogP contribution < -0.4 is 11.1 Å². The fourth-order valence-electron chi connectivity index (χ4n) is 1.63. The summed E-state index contributed by atoms with van der Waals surface area (Å²) in [5.41, 5.74) is 6.02. The van der Waals surface area contributed by atoms with Crippen LogP contribution in [0, 0.1) is 0 Å². The molecule has 0 bridgehead atoms. The lowest BCUT2D eigenvalue weighted by Gasteiger charge is -2.18. The normalized spacial score (nSPS) is 18.4. The highest BCUT2D eigenvalue weighted by molar-refractivity contribution is 9.10. The highest BCUT2D eigenvalue weighted by Crippen LogP contribution is 2.36. The third-order valence-corrected chi connectivity index (χ3v) is 6.08. The molecule has 1 aliphatic rings. The van der Waals surface area contributed by atoms with Gasteiger partial charge < -0.3 is 11.1 Å². The Morgan fingerprint density at radius 2 is 2.44 bits per heavy atom. The maximum atomic E-state index is 11.7. The van der Waals surface area contributed by atoms with Crippen molar-refractivity contribution in [2.24, 2.45) is 5.73 Å². The zero-order valence-corrected chi connectivity index (χ0v) is 13.4. The van der Waals surface area contributed by atoms with Crippen molar-refractivity contribution in [3.05, 3.63) is 20.8 Å². The van der Waals surface area contributed by atoms with Crippen LogP contribution in [0.3, 0.4) is 0 Å². The predicted molar refractivity (Wildman–Crippen MR) is 82.0 cm³/mol. The Balaban J connectivity index is 1.87. The van der Waals surface area contributed by atoms with Crippen LogP contribution in [-0.2, 0) is 4.79 Å². The van der Waals surface area contributed by atoms with Crippen molar-refractivity contribution < 1.29 is 4.79 Å². The van der Waals surface area contributed by atoms with E-state index in [0.717, 1.165) is 17.3 Å². The Kier molecular flexibility index (Phi) is 5.12. The van der Waals surface area contributed by atoms with E-state index < -0.39 is 0 Å². The molecule has 2 unspecified atom stereocenters. The average molecular weight is 349 g/mol. The number of halogens is 1. The Morgan fingerprint density at radius 3 is 2.94 bits per heavy atom. The maximum Gasteiger partial charge on any atom is 0.230 e. The van der Waals surface area contributed by atoms with Crippen LogP contribution in [0.1, 0.15) is 29.9 Å². The first-order valence-electron chi connectivity index (χ1n) is 5.96. The summed E-state index contributed by atoms with van der Waals surface area (Å²) in [7, 11) is 0. The number of hydrogen-bond donors (Lipinski definition) is 2. The number of nitrogens with one attached hydrogen (secondary N) is 1. The van der Waals surface area contributed by atoms with E-state index >= 15 is 0 Å². The van der Waals surface area contributed by atoms with Gasteiger partial charge in [-0.3, -0.25) is 4.79 Å². The van der Waals surface area contributed by atoms with Gasteiger partial charge in [-0.05, 0) is 41.8 Å². The third kappa shape index (κ3) is 4.26. The van der Waals surface area contributed by atoms with Crippen LogP contribution >= 0.6 is 39.0 Å². The predicted octanol–water partition coefficient (Wildman–Crippen LogP) is 2.91. The fourth-order valence-corrected chi connectivity index (χ4v) is 4.49. The number of carbonyl (C=O) groups excluding carboxylic acids is 1. The Hall–Kier alpha value is -0.0400. The molecule has 100 valence electrons. The first-order valence-corrected chi connectivity index (χ1v) is 8.69. The summed E-state index contributed by atoms with van der Waals surface area (Å²) >= 11 is 6.76. The highest BCUT2D eigenvalue weighted by Gasteiger charge is 2.25. The van der Waals surface area contributed by atoms with E-state index in [1.807, 2.05) is 6.92 Å². The Bertz CT molecular complexity index is 418. The molecule has 1 aliphatic carbocycles. The van der Waals surface area contributed by atoms with E-state index in [9.17, 15) is 4.79 Å². The minimum Gasteiger partial charge on any atom is -0.353 e. The first kappa shape index (κ1) is 14.4. The van der Waals surface area contributed by atoms with Gasteiger partial charge in [0, 0.05) is 26.8 Å². The van der Waals surface area contributed by atoms with E-state index in [1.54, 1.807) is 23.1 Å². The molecule has 0 saturated heterocycles. The number of thioether (sulfide) groups is 1. The second-order valence-electron chi connectivity index (χ2n) is 4.60. The van der Waals surface area contributed by atoms with E-state index in [4.69, 9.17) is 5.73 Å². The molecule has 3 nitrogen and oxygen atoms in total. The van der Waals surface area contributed by atoms with E-state index in [0.29, 0.717) is 11.8 Å². The Labute approximate surface area is 124 Å². The first-order chi connectivity index (χ1) is 8.56. The van der Waals surface area contributed by atoms with Gasteiger partial charge in [0.25, 0.3) is 0 Å². The highest BCUT2D eigenvalue weighted by atomic mass is 79.9. The molecule has 1 fully saturated rings. The van der Waals surface area contributed by atoms with Gasteiger partial charge in [0.2, 0.25) is 5.91 Å². The lowest BCUT2D eigenvalue weighted by atomic mass is 10.2. The molecule has 1 saturated carbocycles. The molecule has 0 aromatic carbocycles. The van der Waals surface area contributed by atoms with Crippen LogP contribution in [-0.4, -0.2) is 23.7 Å². The molecule has 0 radical (unpaired) electrons. The van der Waals surface area contributed by atoms with E-state index in [1.165, 1.54) is 4.88 Å². The summed E-state index contributed by atoms with van der Waals surface area (Å²) in [4.78, 5) is 12.9. The molecule has 2 rings (SSSR count).